The van der Waals surface area contributed by atoms with Crippen LogP contribution in [-0.4, -0.2) is 77.8 Å². The van der Waals surface area contributed by atoms with Crippen LogP contribution in [0.2, 0.25) is 0 Å². The molecule has 252 valence electrons. The zero-order valence-electron chi connectivity index (χ0n) is 25.2. The maximum atomic E-state index is 13.7. The summed E-state index contributed by atoms with van der Waals surface area (Å²) in [7, 11) is 1.38. The van der Waals surface area contributed by atoms with Gasteiger partial charge in [0, 0.05) is 62.6 Å². The van der Waals surface area contributed by atoms with Gasteiger partial charge in [-0.15, -0.1) is 13.2 Å². The van der Waals surface area contributed by atoms with E-state index in [1.54, 1.807) is 24.3 Å². The molecule has 2 aliphatic rings. The Labute approximate surface area is 266 Å². The van der Waals surface area contributed by atoms with Crippen molar-refractivity contribution >= 4 is 23.4 Å². The molecule has 2 saturated heterocycles. The number of ether oxygens (including phenoxy) is 2. The van der Waals surface area contributed by atoms with E-state index in [1.165, 1.54) is 36.4 Å². The zero-order chi connectivity index (χ0) is 34.0. The molecule has 3 heterocycles. The van der Waals surface area contributed by atoms with Crippen LogP contribution in [-0.2, 0) is 16.1 Å². The van der Waals surface area contributed by atoms with Crippen molar-refractivity contribution < 1.29 is 50.5 Å². The van der Waals surface area contributed by atoms with Crippen LogP contribution in [0.15, 0.2) is 60.8 Å². The van der Waals surface area contributed by atoms with Crippen molar-refractivity contribution in [2.24, 2.45) is 0 Å². The smallest absolute Gasteiger partial charge is 0.479 e. The highest BCUT2D eigenvalue weighted by Gasteiger charge is 2.46. The first-order valence-corrected chi connectivity index (χ1v) is 14.8. The van der Waals surface area contributed by atoms with Gasteiger partial charge in [-0.2, -0.15) is 13.2 Å². The maximum Gasteiger partial charge on any atom is 0.573 e. The van der Waals surface area contributed by atoms with Crippen LogP contribution in [0.4, 0.5) is 37.8 Å². The van der Waals surface area contributed by atoms with Crippen molar-refractivity contribution in [3.63, 3.8) is 0 Å². The number of carbonyl (C=O) groups is 2. The van der Waals surface area contributed by atoms with E-state index in [4.69, 9.17) is 4.74 Å². The molecule has 2 aromatic carbocycles. The summed E-state index contributed by atoms with van der Waals surface area (Å²) in [5, 5.41) is 12.2. The summed E-state index contributed by atoms with van der Waals surface area (Å²) in [4.78, 5) is 32.3. The maximum absolute atomic E-state index is 13.7. The second kappa shape index (κ2) is 13.4. The number of carboxylic acids is 1. The number of benzene rings is 2. The second-order valence-electron chi connectivity index (χ2n) is 11.5. The lowest BCUT2D eigenvalue weighted by molar-refractivity contribution is -0.274. The topological polar surface area (TPSA) is 104 Å². The van der Waals surface area contributed by atoms with Gasteiger partial charge in [0.2, 0.25) is 0 Å². The molecule has 1 amide bonds. The third-order valence-electron chi connectivity index (χ3n) is 8.59. The Morgan fingerprint density at radius 1 is 1.00 bits per heavy atom. The summed E-state index contributed by atoms with van der Waals surface area (Å²) in [6, 6.07) is 11.4. The first-order valence-electron chi connectivity index (χ1n) is 14.8. The van der Waals surface area contributed by atoms with Gasteiger partial charge >= 0.3 is 18.5 Å². The molecular weight excluding hydrogens is 634 g/mol. The number of carbonyl (C=O) groups excluding carboxylic acids is 1. The summed E-state index contributed by atoms with van der Waals surface area (Å²) in [5.74, 6) is -1.90. The summed E-state index contributed by atoms with van der Waals surface area (Å²) in [6.07, 6.45) is -7.10. The Balaban J connectivity index is 1.34. The molecule has 2 aliphatic heterocycles. The molecule has 3 aromatic rings. The molecule has 2 N–H and O–H groups in total. The Morgan fingerprint density at radius 2 is 1.66 bits per heavy atom. The Morgan fingerprint density at radius 3 is 2.23 bits per heavy atom. The van der Waals surface area contributed by atoms with Gasteiger partial charge in [0.05, 0.1) is 0 Å². The third-order valence-corrected chi connectivity index (χ3v) is 8.59. The summed E-state index contributed by atoms with van der Waals surface area (Å²) in [5.41, 5.74) is 1.03. The molecule has 0 spiro atoms. The van der Waals surface area contributed by atoms with Crippen LogP contribution in [0, 0.1) is 0 Å². The first-order chi connectivity index (χ1) is 22.2. The summed E-state index contributed by atoms with van der Waals surface area (Å²) >= 11 is 0. The van der Waals surface area contributed by atoms with E-state index in [0.29, 0.717) is 36.2 Å². The Bertz CT molecular complexity index is 1570. The highest BCUT2D eigenvalue weighted by Crippen LogP contribution is 2.36. The standard InChI is InChI=1S/C32H32F6N4O5/c1-46-30(29(44)45)12-15-41(16-13-30)23-8-4-21(5-9-23)28(43)40-27-17-22(19-42-14-2-3-26(42)31(33,34)35)25(18-39-27)20-6-10-24(11-7-20)47-32(36,37)38/h4-11,17-18,26H,2-3,12-16,19H2,1H3,(H,44,45)(H,39,40,43)/t26-/m0/s1. The normalized spacial score (nSPS) is 18.6. The summed E-state index contributed by atoms with van der Waals surface area (Å²) < 4.78 is 88.3. The fourth-order valence-electron chi connectivity index (χ4n) is 6.04. The van der Waals surface area contributed by atoms with Crippen LogP contribution in [0.3, 0.4) is 0 Å². The minimum Gasteiger partial charge on any atom is -0.479 e. The molecule has 9 nitrogen and oxygen atoms in total. The number of pyridine rings is 1. The van der Waals surface area contributed by atoms with Crippen molar-refractivity contribution in [3.8, 4) is 16.9 Å². The molecule has 0 bridgehead atoms. The average molecular weight is 667 g/mol. The minimum atomic E-state index is -4.89. The minimum absolute atomic E-state index is 0.0583. The van der Waals surface area contributed by atoms with Crippen molar-refractivity contribution in [1.82, 2.24) is 9.88 Å². The Hall–Kier alpha value is -4.37. The van der Waals surface area contributed by atoms with E-state index in [0.717, 1.165) is 17.8 Å². The molecule has 5 rings (SSSR count). The molecule has 0 aliphatic carbocycles. The number of likely N-dealkylation sites (tertiary alicyclic amines) is 1. The van der Waals surface area contributed by atoms with Crippen molar-refractivity contribution in [1.29, 1.82) is 0 Å². The van der Waals surface area contributed by atoms with E-state index in [-0.39, 0.29) is 43.7 Å². The number of hydrogen-bond donors (Lipinski definition) is 2. The van der Waals surface area contributed by atoms with Crippen LogP contribution < -0.4 is 15.0 Å². The van der Waals surface area contributed by atoms with E-state index in [2.05, 4.69) is 15.0 Å². The van der Waals surface area contributed by atoms with Crippen LogP contribution >= 0.6 is 0 Å². The van der Waals surface area contributed by atoms with Gasteiger partial charge < -0.3 is 24.8 Å². The molecule has 15 heteroatoms. The number of piperidine rings is 1. The fourth-order valence-corrected chi connectivity index (χ4v) is 6.04. The number of anilines is 2. The number of aliphatic carboxylic acids is 1. The number of methoxy groups -OCH3 is 1. The number of amides is 1. The lowest BCUT2D eigenvalue weighted by atomic mass is 9.91. The molecule has 2 fully saturated rings. The first kappa shape index (κ1) is 34.0. The third kappa shape index (κ3) is 7.96. The molecule has 1 aromatic heterocycles. The SMILES string of the molecule is COC1(C(=O)O)CCN(c2ccc(C(=O)Nc3cc(CN4CCC[C@H]4C(F)(F)F)c(-c4ccc(OC(F)(F)F)cc4)cn3)cc2)CC1. The van der Waals surface area contributed by atoms with Gasteiger partial charge in [-0.25, -0.2) is 9.78 Å². The second-order valence-corrected chi connectivity index (χ2v) is 11.5. The number of carboxylic acid groups (broad SMARTS) is 1. The predicted octanol–water partition coefficient (Wildman–Crippen LogP) is 6.50. The molecule has 47 heavy (non-hydrogen) atoms. The predicted molar refractivity (Wildman–Crippen MR) is 159 cm³/mol. The van der Waals surface area contributed by atoms with E-state index >= 15 is 0 Å². The van der Waals surface area contributed by atoms with E-state index in [1.807, 2.05) is 4.90 Å². The average Bonchev–Trinajstić information content (AvgIpc) is 3.50. The number of rotatable bonds is 9. The number of nitrogens with zero attached hydrogens (tertiary/aromatic N) is 3. The summed E-state index contributed by atoms with van der Waals surface area (Å²) in [6.45, 7) is 0.935. The lowest BCUT2D eigenvalue weighted by Gasteiger charge is -2.38. The highest BCUT2D eigenvalue weighted by atomic mass is 19.4. The van der Waals surface area contributed by atoms with Crippen molar-refractivity contribution in [2.45, 2.75) is 56.4 Å². The van der Waals surface area contributed by atoms with E-state index < -0.39 is 41.8 Å². The molecular formula is C32H32F6N4O5. The molecule has 1 atom stereocenters. The van der Waals surface area contributed by atoms with E-state index in [9.17, 15) is 41.0 Å². The number of halogens is 6. The van der Waals surface area contributed by atoms with Crippen molar-refractivity contribution in [2.75, 3.05) is 37.0 Å². The van der Waals surface area contributed by atoms with Gasteiger partial charge in [0.15, 0.2) is 5.60 Å². The molecule has 0 unspecified atom stereocenters. The molecule has 0 saturated carbocycles. The number of nitrogens with one attached hydrogen (secondary N) is 1. The highest BCUT2D eigenvalue weighted by molar-refractivity contribution is 6.04. The quantitative estimate of drug-likeness (QED) is 0.250. The zero-order valence-corrected chi connectivity index (χ0v) is 25.2. The fraction of sp³-hybridized carbons (Fsp3) is 0.406. The van der Waals surface area contributed by atoms with Crippen LogP contribution in [0.25, 0.3) is 11.1 Å². The Kier molecular flexibility index (Phi) is 9.68. The van der Waals surface area contributed by atoms with Gasteiger partial charge in [0.1, 0.15) is 17.6 Å². The largest absolute Gasteiger partial charge is 0.573 e. The van der Waals surface area contributed by atoms with Gasteiger partial charge in [0.25, 0.3) is 5.91 Å². The van der Waals surface area contributed by atoms with Gasteiger partial charge in [-0.3, -0.25) is 9.69 Å². The van der Waals surface area contributed by atoms with Crippen molar-refractivity contribution in [3.05, 3.63) is 71.9 Å². The van der Waals surface area contributed by atoms with Gasteiger partial charge in [-0.1, -0.05) is 12.1 Å². The van der Waals surface area contributed by atoms with Crippen LogP contribution in [0.1, 0.15) is 41.6 Å². The molecule has 0 radical (unpaired) electrons. The van der Waals surface area contributed by atoms with Gasteiger partial charge in [-0.05, 0) is 73.0 Å². The van der Waals surface area contributed by atoms with Crippen LogP contribution in [0.5, 0.6) is 5.75 Å². The lowest BCUT2D eigenvalue weighted by Crippen LogP contribution is -2.50. The number of alkyl halides is 6. The number of aromatic nitrogens is 1. The number of hydrogen-bond acceptors (Lipinski definition) is 7. The monoisotopic (exact) mass is 666 g/mol.